The summed E-state index contributed by atoms with van der Waals surface area (Å²) in [5.41, 5.74) is 2.22. The van der Waals surface area contributed by atoms with Gasteiger partial charge < -0.3 is 15.2 Å². The van der Waals surface area contributed by atoms with Gasteiger partial charge in [-0.25, -0.2) is 0 Å². The van der Waals surface area contributed by atoms with Crippen LogP contribution < -0.4 is 10.6 Å². The molecule has 0 aliphatic carbocycles. The Morgan fingerprint density at radius 1 is 1.03 bits per heavy atom. The molecule has 2 amide bonds. The topological polar surface area (TPSA) is 88.9 Å². The van der Waals surface area contributed by atoms with Crippen molar-refractivity contribution in [2.75, 3.05) is 16.4 Å². The van der Waals surface area contributed by atoms with E-state index in [-0.39, 0.29) is 24.0 Å². The van der Waals surface area contributed by atoms with E-state index in [1.54, 1.807) is 29.8 Å². The van der Waals surface area contributed by atoms with Gasteiger partial charge in [0.2, 0.25) is 11.8 Å². The van der Waals surface area contributed by atoms with Gasteiger partial charge in [0.1, 0.15) is 5.82 Å². The Balaban J connectivity index is 1.54. The first kappa shape index (κ1) is 20.9. The van der Waals surface area contributed by atoms with Crippen LogP contribution in [0.25, 0.3) is 0 Å². The van der Waals surface area contributed by atoms with Crippen LogP contribution in [0.2, 0.25) is 5.02 Å². The van der Waals surface area contributed by atoms with Gasteiger partial charge in [-0.3, -0.25) is 9.59 Å². The smallest absolute Gasteiger partial charge is 0.234 e. The fraction of sp³-hybridized carbons (Fsp3) is 0.200. The second kappa shape index (κ2) is 9.58. The van der Waals surface area contributed by atoms with Crippen LogP contribution in [0, 0.1) is 6.92 Å². The summed E-state index contributed by atoms with van der Waals surface area (Å²) in [5, 5.41) is 15.0. The van der Waals surface area contributed by atoms with Crippen LogP contribution in [0.3, 0.4) is 0 Å². The van der Waals surface area contributed by atoms with Gasteiger partial charge in [0, 0.05) is 23.4 Å². The van der Waals surface area contributed by atoms with Gasteiger partial charge >= 0.3 is 0 Å². The zero-order chi connectivity index (χ0) is 20.8. The predicted molar refractivity (Wildman–Crippen MR) is 115 cm³/mol. The Morgan fingerprint density at radius 2 is 1.79 bits per heavy atom. The summed E-state index contributed by atoms with van der Waals surface area (Å²) in [5.74, 6) is 0.324. The van der Waals surface area contributed by atoms with Crippen LogP contribution in [-0.2, 0) is 23.1 Å². The highest BCUT2D eigenvalue weighted by Crippen LogP contribution is 2.23. The van der Waals surface area contributed by atoms with E-state index in [0.717, 1.165) is 11.3 Å². The second-order valence-corrected chi connectivity index (χ2v) is 7.65. The van der Waals surface area contributed by atoms with E-state index >= 15 is 0 Å². The first-order chi connectivity index (χ1) is 13.9. The molecule has 0 atom stereocenters. The van der Waals surface area contributed by atoms with Crippen LogP contribution in [-0.4, -0.2) is 32.3 Å². The molecule has 1 heterocycles. The van der Waals surface area contributed by atoms with Gasteiger partial charge in [-0.1, -0.05) is 47.6 Å². The molecule has 0 aliphatic rings. The normalized spacial score (nSPS) is 10.6. The number of aromatic nitrogens is 3. The number of nitrogens with one attached hydrogen (secondary N) is 2. The fourth-order valence-corrected chi connectivity index (χ4v) is 3.46. The third-order valence-electron chi connectivity index (χ3n) is 4.18. The summed E-state index contributed by atoms with van der Waals surface area (Å²) < 4.78 is 1.72. The molecule has 1 aromatic heterocycles. The number of amides is 2. The molecule has 7 nitrogen and oxygen atoms in total. The molecule has 3 aromatic rings. The summed E-state index contributed by atoms with van der Waals surface area (Å²) in [6.07, 6.45) is 0.0901. The molecule has 0 saturated heterocycles. The maximum atomic E-state index is 12.3. The third-order valence-corrected chi connectivity index (χ3v) is 5.61. The number of rotatable bonds is 7. The van der Waals surface area contributed by atoms with Crippen molar-refractivity contribution < 1.29 is 9.59 Å². The summed E-state index contributed by atoms with van der Waals surface area (Å²) in [6, 6.07) is 14.6. The molecule has 0 fully saturated rings. The van der Waals surface area contributed by atoms with Crippen molar-refractivity contribution in [3.05, 3.63) is 64.9 Å². The number of nitrogens with zero attached hydrogens (tertiary/aromatic N) is 3. The Bertz CT molecular complexity index is 1020. The molecule has 150 valence electrons. The number of carbonyl (C=O) groups is 2. The van der Waals surface area contributed by atoms with Gasteiger partial charge in [-0.05, 0) is 36.8 Å². The molecule has 2 aromatic carbocycles. The zero-order valence-corrected chi connectivity index (χ0v) is 17.5. The van der Waals surface area contributed by atoms with Gasteiger partial charge in [0.15, 0.2) is 5.16 Å². The molecule has 9 heteroatoms. The number of benzene rings is 2. The molecule has 3 rings (SSSR count). The Labute approximate surface area is 177 Å². The molecule has 0 bridgehead atoms. The molecular weight excluding hydrogens is 410 g/mol. The van der Waals surface area contributed by atoms with Gasteiger partial charge in [0.05, 0.1) is 12.2 Å². The van der Waals surface area contributed by atoms with Crippen molar-refractivity contribution >= 4 is 46.6 Å². The fourth-order valence-electron chi connectivity index (χ4n) is 2.55. The molecule has 0 aliphatic heterocycles. The van der Waals surface area contributed by atoms with Gasteiger partial charge in [-0.2, -0.15) is 0 Å². The lowest BCUT2D eigenvalue weighted by atomic mass is 10.2. The SMILES string of the molecule is Cc1c(Cl)cccc1NC(=O)CSc1nnc(CC(=O)Nc2ccccc2)n1C. The van der Waals surface area contributed by atoms with E-state index in [2.05, 4.69) is 20.8 Å². The highest BCUT2D eigenvalue weighted by atomic mass is 35.5. The summed E-state index contributed by atoms with van der Waals surface area (Å²) in [6.45, 7) is 1.85. The zero-order valence-electron chi connectivity index (χ0n) is 16.0. The van der Waals surface area contributed by atoms with E-state index in [9.17, 15) is 9.59 Å². The highest BCUT2D eigenvalue weighted by molar-refractivity contribution is 7.99. The first-order valence-corrected chi connectivity index (χ1v) is 10.2. The van der Waals surface area contributed by atoms with Gasteiger partial charge in [-0.15, -0.1) is 10.2 Å². The van der Waals surface area contributed by atoms with E-state index < -0.39 is 0 Å². The second-order valence-electron chi connectivity index (χ2n) is 6.30. The number of hydrogen-bond donors (Lipinski definition) is 2. The van der Waals surface area contributed by atoms with Gasteiger partial charge in [0.25, 0.3) is 0 Å². The molecule has 29 heavy (non-hydrogen) atoms. The third kappa shape index (κ3) is 5.58. The van der Waals surface area contributed by atoms with E-state index in [1.165, 1.54) is 11.8 Å². The number of anilines is 2. The van der Waals surface area contributed by atoms with Crippen LogP contribution in [0.4, 0.5) is 11.4 Å². The average Bonchev–Trinajstić information content (AvgIpc) is 3.04. The summed E-state index contributed by atoms with van der Waals surface area (Å²) in [4.78, 5) is 24.4. The maximum Gasteiger partial charge on any atom is 0.234 e. The maximum absolute atomic E-state index is 12.3. The Kier molecular flexibility index (Phi) is 6.90. The number of halogens is 1. The van der Waals surface area contributed by atoms with Crippen molar-refractivity contribution in [2.24, 2.45) is 7.05 Å². The minimum Gasteiger partial charge on any atom is -0.326 e. The number of hydrogen-bond acceptors (Lipinski definition) is 5. The lowest BCUT2D eigenvalue weighted by molar-refractivity contribution is -0.116. The van der Waals surface area contributed by atoms with E-state index in [1.807, 2.05) is 37.3 Å². The largest absolute Gasteiger partial charge is 0.326 e. The predicted octanol–water partition coefficient (Wildman–Crippen LogP) is 3.69. The number of thioether (sulfide) groups is 1. The molecule has 0 saturated carbocycles. The Hall–Kier alpha value is -2.84. The van der Waals surface area contributed by atoms with Crippen LogP contribution in [0.5, 0.6) is 0 Å². The number of carbonyl (C=O) groups excluding carboxylic acids is 2. The molecule has 2 N–H and O–H groups in total. The summed E-state index contributed by atoms with van der Waals surface area (Å²) >= 11 is 7.32. The van der Waals surface area contributed by atoms with E-state index in [4.69, 9.17) is 11.6 Å². The lowest BCUT2D eigenvalue weighted by Gasteiger charge is -2.09. The van der Waals surface area contributed by atoms with Crippen molar-refractivity contribution in [3.63, 3.8) is 0 Å². The van der Waals surface area contributed by atoms with Crippen LogP contribution >= 0.6 is 23.4 Å². The van der Waals surface area contributed by atoms with Crippen molar-refractivity contribution in [3.8, 4) is 0 Å². The standard InChI is InChI=1S/C20H20ClN5O2S/c1-13-15(21)9-6-10-16(13)23-19(28)12-29-20-25-24-17(26(20)2)11-18(27)22-14-7-4-3-5-8-14/h3-10H,11-12H2,1-2H3,(H,22,27)(H,23,28). The number of para-hydroxylation sites is 1. The van der Waals surface area contributed by atoms with Crippen molar-refractivity contribution in [2.45, 2.75) is 18.5 Å². The molecule has 0 unspecified atom stereocenters. The highest BCUT2D eigenvalue weighted by Gasteiger charge is 2.15. The molecule has 0 radical (unpaired) electrons. The molecule has 0 spiro atoms. The van der Waals surface area contributed by atoms with Crippen LogP contribution in [0.1, 0.15) is 11.4 Å². The first-order valence-electron chi connectivity index (χ1n) is 8.85. The van der Waals surface area contributed by atoms with Crippen molar-refractivity contribution in [1.82, 2.24) is 14.8 Å². The van der Waals surface area contributed by atoms with E-state index in [0.29, 0.717) is 21.7 Å². The average molecular weight is 430 g/mol. The monoisotopic (exact) mass is 429 g/mol. The Morgan fingerprint density at radius 3 is 2.55 bits per heavy atom. The minimum atomic E-state index is -0.183. The summed E-state index contributed by atoms with van der Waals surface area (Å²) in [7, 11) is 1.77. The van der Waals surface area contributed by atoms with Crippen molar-refractivity contribution in [1.29, 1.82) is 0 Å². The lowest BCUT2D eigenvalue weighted by Crippen LogP contribution is -2.17. The van der Waals surface area contributed by atoms with Crippen LogP contribution in [0.15, 0.2) is 53.7 Å². The quantitative estimate of drug-likeness (QED) is 0.559. The molecular formula is C20H20ClN5O2S. The minimum absolute atomic E-state index is 0.0901.